The van der Waals surface area contributed by atoms with Crippen LogP contribution < -0.4 is 0 Å². The van der Waals surface area contributed by atoms with Gasteiger partial charge in [0.25, 0.3) is 5.92 Å². The second kappa shape index (κ2) is 3.29. The minimum atomic E-state index is -2.60. The monoisotopic (exact) mass is 216 g/mol. The maximum Gasteiger partial charge on any atom is 0.270 e. The molecule has 2 heteroatoms. The molecule has 0 aromatic rings. The standard InChI is InChI=1S/C13H22F2/c1-11(2,3)9-7-8-13(14,15)10(9)12(4,5)6/h7-8H2,1-6H3. The molecule has 0 nitrogen and oxygen atoms in total. The average molecular weight is 216 g/mol. The zero-order chi connectivity index (χ0) is 12.1. The Labute approximate surface area is 91.8 Å². The van der Waals surface area contributed by atoms with Gasteiger partial charge in [-0.15, -0.1) is 0 Å². The van der Waals surface area contributed by atoms with Crippen LogP contribution in [-0.2, 0) is 0 Å². The lowest BCUT2D eigenvalue weighted by molar-refractivity contribution is 0.0259. The van der Waals surface area contributed by atoms with E-state index in [1.54, 1.807) is 0 Å². The van der Waals surface area contributed by atoms with Gasteiger partial charge in [-0.2, -0.15) is 0 Å². The van der Waals surface area contributed by atoms with Crippen LogP contribution in [0.3, 0.4) is 0 Å². The SMILES string of the molecule is CC(C)(C)C1=C(C(C)(C)C)C(F)(F)CC1. The van der Waals surface area contributed by atoms with Crippen molar-refractivity contribution < 1.29 is 8.78 Å². The molecule has 0 bridgehead atoms. The first-order chi connectivity index (χ1) is 6.46. The number of halogens is 2. The Morgan fingerprint density at radius 2 is 1.40 bits per heavy atom. The number of alkyl halides is 2. The molecule has 0 fully saturated rings. The summed E-state index contributed by atoms with van der Waals surface area (Å²) in [5.74, 6) is -2.60. The lowest BCUT2D eigenvalue weighted by Gasteiger charge is -2.31. The fourth-order valence-electron chi connectivity index (χ4n) is 2.50. The van der Waals surface area contributed by atoms with Crippen LogP contribution in [0.5, 0.6) is 0 Å². The zero-order valence-corrected chi connectivity index (χ0v) is 10.7. The molecule has 0 heterocycles. The molecular formula is C13H22F2. The van der Waals surface area contributed by atoms with Gasteiger partial charge in [0.1, 0.15) is 0 Å². The van der Waals surface area contributed by atoms with Gasteiger partial charge in [-0.05, 0) is 17.3 Å². The van der Waals surface area contributed by atoms with Crippen molar-refractivity contribution in [1.82, 2.24) is 0 Å². The lowest BCUT2D eigenvalue weighted by Crippen LogP contribution is -2.27. The molecule has 0 unspecified atom stereocenters. The molecule has 0 N–H and O–H groups in total. The minimum absolute atomic E-state index is 0.00773. The minimum Gasteiger partial charge on any atom is -0.202 e. The third kappa shape index (κ3) is 2.40. The quantitative estimate of drug-likeness (QED) is 0.510. The Morgan fingerprint density at radius 3 is 1.67 bits per heavy atom. The smallest absolute Gasteiger partial charge is 0.202 e. The summed E-state index contributed by atoms with van der Waals surface area (Å²) < 4.78 is 27.7. The van der Waals surface area contributed by atoms with Gasteiger partial charge >= 0.3 is 0 Å². The normalized spacial score (nSPS) is 22.4. The van der Waals surface area contributed by atoms with E-state index in [0.29, 0.717) is 12.0 Å². The molecule has 15 heavy (non-hydrogen) atoms. The molecule has 1 aliphatic carbocycles. The van der Waals surface area contributed by atoms with Crippen LogP contribution in [0, 0.1) is 10.8 Å². The molecule has 0 aliphatic heterocycles. The van der Waals surface area contributed by atoms with E-state index in [4.69, 9.17) is 0 Å². The fourth-order valence-corrected chi connectivity index (χ4v) is 2.50. The molecule has 0 amide bonds. The van der Waals surface area contributed by atoms with Gasteiger partial charge in [-0.3, -0.25) is 0 Å². The van der Waals surface area contributed by atoms with Crippen LogP contribution in [0.2, 0.25) is 0 Å². The summed E-state index contributed by atoms with van der Waals surface area (Å²) in [6, 6.07) is 0. The highest BCUT2D eigenvalue weighted by molar-refractivity contribution is 5.35. The third-order valence-corrected chi connectivity index (χ3v) is 3.01. The van der Waals surface area contributed by atoms with E-state index >= 15 is 0 Å². The topological polar surface area (TPSA) is 0 Å². The van der Waals surface area contributed by atoms with Gasteiger partial charge in [0, 0.05) is 12.0 Å². The molecule has 0 saturated carbocycles. The van der Waals surface area contributed by atoms with Crippen molar-refractivity contribution in [2.75, 3.05) is 0 Å². The first-order valence-corrected chi connectivity index (χ1v) is 5.59. The molecule has 0 aromatic carbocycles. The van der Waals surface area contributed by atoms with Gasteiger partial charge in [-0.1, -0.05) is 47.1 Å². The predicted molar refractivity (Wildman–Crippen MR) is 60.1 cm³/mol. The van der Waals surface area contributed by atoms with Crippen molar-refractivity contribution in [3.8, 4) is 0 Å². The maximum atomic E-state index is 13.8. The molecule has 1 aliphatic rings. The lowest BCUT2D eigenvalue weighted by atomic mass is 9.76. The Bertz CT molecular complexity index is 285. The Hall–Kier alpha value is -0.400. The highest BCUT2D eigenvalue weighted by Crippen LogP contribution is 2.53. The van der Waals surface area contributed by atoms with Crippen LogP contribution >= 0.6 is 0 Å². The van der Waals surface area contributed by atoms with Crippen molar-refractivity contribution in [2.45, 2.75) is 60.3 Å². The van der Waals surface area contributed by atoms with Crippen molar-refractivity contribution >= 4 is 0 Å². The highest BCUT2D eigenvalue weighted by atomic mass is 19.3. The van der Waals surface area contributed by atoms with Gasteiger partial charge < -0.3 is 0 Å². The predicted octanol–water partition coefficient (Wildman–Crippen LogP) is 4.80. The molecule has 88 valence electrons. The maximum absolute atomic E-state index is 13.8. The fraction of sp³-hybridized carbons (Fsp3) is 0.846. The van der Waals surface area contributed by atoms with E-state index in [1.807, 2.05) is 41.5 Å². The number of rotatable bonds is 0. The largest absolute Gasteiger partial charge is 0.270 e. The third-order valence-electron chi connectivity index (χ3n) is 3.01. The molecule has 1 rings (SSSR count). The molecule has 0 radical (unpaired) electrons. The van der Waals surface area contributed by atoms with Crippen LogP contribution in [0.1, 0.15) is 54.4 Å². The van der Waals surface area contributed by atoms with Crippen LogP contribution in [0.4, 0.5) is 8.78 Å². The number of hydrogen-bond acceptors (Lipinski definition) is 0. The van der Waals surface area contributed by atoms with E-state index < -0.39 is 11.3 Å². The van der Waals surface area contributed by atoms with E-state index in [2.05, 4.69) is 0 Å². The molecule has 0 atom stereocenters. The average Bonchev–Trinajstić information content (AvgIpc) is 2.21. The summed E-state index contributed by atoms with van der Waals surface area (Å²) >= 11 is 0. The summed E-state index contributed by atoms with van der Waals surface area (Å²) in [7, 11) is 0. The summed E-state index contributed by atoms with van der Waals surface area (Å²) in [5.41, 5.74) is 0.771. The van der Waals surface area contributed by atoms with Crippen LogP contribution in [0.15, 0.2) is 11.1 Å². The zero-order valence-electron chi connectivity index (χ0n) is 10.7. The van der Waals surface area contributed by atoms with Crippen LogP contribution in [0.25, 0.3) is 0 Å². The number of allylic oxidation sites excluding steroid dienone is 2. The van der Waals surface area contributed by atoms with Crippen molar-refractivity contribution in [2.24, 2.45) is 10.8 Å². The Morgan fingerprint density at radius 1 is 0.933 bits per heavy atom. The first-order valence-electron chi connectivity index (χ1n) is 5.59. The van der Waals surface area contributed by atoms with Crippen LogP contribution in [-0.4, -0.2) is 5.92 Å². The second-order valence-corrected chi connectivity index (χ2v) is 6.56. The van der Waals surface area contributed by atoms with E-state index in [1.165, 1.54) is 0 Å². The summed E-state index contributed by atoms with van der Waals surface area (Å²) in [5, 5.41) is 0. The van der Waals surface area contributed by atoms with Crippen molar-refractivity contribution in [3.63, 3.8) is 0 Å². The first kappa shape index (κ1) is 12.7. The molecular weight excluding hydrogens is 194 g/mol. The van der Waals surface area contributed by atoms with E-state index in [-0.39, 0.29) is 11.8 Å². The summed E-state index contributed by atoms with van der Waals surface area (Å²) in [4.78, 5) is 0. The molecule has 0 spiro atoms. The van der Waals surface area contributed by atoms with Gasteiger partial charge in [0.15, 0.2) is 0 Å². The summed E-state index contributed by atoms with van der Waals surface area (Å²) in [6.07, 6.45) is 0.537. The Kier molecular flexibility index (Phi) is 2.78. The van der Waals surface area contributed by atoms with Gasteiger partial charge in [-0.25, -0.2) is 8.78 Å². The van der Waals surface area contributed by atoms with E-state index in [0.717, 1.165) is 5.57 Å². The van der Waals surface area contributed by atoms with Crippen molar-refractivity contribution in [1.29, 1.82) is 0 Å². The van der Waals surface area contributed by atoms with Crippen molar-refractivity contribution in [3.05, 3.63) is 11.1 Å². The van der Waals surface area contributed by atoms with Gasteiger partial charge in [0.05, 0.1) is 0 Å². The van der Waals surface area contributed by atoms with E-state index in [9.17, 15) is 8.78 Å². The molecule has 0 aromatic heterocycles. The van der Waals surface area contributed by atoms with Gasteiger partial charge in [0.2, 0.25) is 0 Å². The Balaban J connectivity index is 3.31. The number of hydrogen-bond donors (Lipinski definition) is 0. The second-order valence-electron chi connectivity index (χ2n) is 6.56. The molecule has 0 saturated heterocycles. The summed E-state index contributed by atoms with van der Waals surface area (Å²) in [6.45, 7) is 11.7. The highest BCUT2D eigenvalue weighted by Gasteiger charge is 2.48.